The molecular weight excluding hydrogens is 314 g/mol. The molecule has 1 aromatic carbocycles. The summed E-state index contributed by atoms with van der Waals surface area (Å²) in [6.45, 7) is 0. The van der Waals surface area contributed by atoms with Gasteiger partial charge in [-0.1, -0.05) is 11.6 Å². The molecule has 0 saturated heterocycles. The molecule has 0 spiro atoms. The van der Waals surface area contributed by atoms with Gasteiger partial charge in [0.15, 0.2) is 0 Å². The summed E-state index contributed by atoms with van der Waals surface area (Å²) in [7, 11) is -3.53. The highest BCUT2D eigenvalue weighted by atomic mass is 35.5. The van der Waals surface area contributed by atoms with E-state index in [9.17, 15) is 13.2 Å². The van der Waals surface area contributed by atoms with E-state index in [1.807, 2.05) is 0 Å². The number of carbonyl (C=O) groups is 1. The van der Waals surface area contributed by atoms with Gasteiger partial charge in [0, 0.05) is 28.6 Å². The van der Waals surface area contributed by atoms with E-state index in [2.05, 4.69) is 15.3 Å². The number of nitrogens with zero attached hydrogens (tertiary/aromatic N) is 2. The Morgan fingerprint density at radius 3 is 2.81 bits per heavy atom. The van der Waals surface area contributed by atoms with Gasteiger partial charge in [-0.05, 0) is 18.2 Å². The molecule has 0 bridgehead atoms. The minimum absolute atomic E-state index is 0.0751. The molecule has 0 aliphatic carbocycles. The van der Waals surface area contributed by atoms with E-state index in [0.29, 0.717) is 27.5 Å². The number of rotatable bonds is 1. The van der Waals surface area contributed by atoms with E-state index >= 15 is 0 Å². The standard InChI is InChI=1S/C13H10ClN3O3S/c1-21(19,20)13-15-6-7-4-11(18)16-10-5-8(14)2-3-9(10)12(7)17-13/h2-3,5-6H,4H2,1H3,(H,16,18). The molecule has 0 atom stereocenters. The van der Waals surface area contributed by atoms with E-state index in [-0.39, 0.29) is 17.5 Å². The third-order valence-electron chi connectivity index (χ3n) is 3.04. The van der Waals surface area contributed by atoms with Crippen LogP contribution in [0.1, 0.15) is 5.56 Å². The first-order valence-corrected chi connectivity index (χ1v) is 8.27. The Morgan fingerprint density at radius 1 is 1.33 bits per heavy atom. The number of anilines is 1. The molecule has 8 heteroatoms. The van der Waals surface area contributed by atoms with Crippen LogP contribution in [-0.2, 0) is 21.1 Å². The van der Waals surface area contributed by atoms with E-state index in [4.69, 9.17) is 11.6 Å². The van der Waals surface area contributed by atoms with Gasteiger partial charge in [-0.15, -0.1) is 0 Å². The molecule has 1 N–H and O–H groups in total. The third kappa shape index (κ3) is 2.62. The van der Waals surface area contributed by atoms with Crippen LogP contribution >= 0.6 is 11.6 Å². The number of sulfone groups is 1. The van der Waals surface area contributed by atoms with Gasteiger partial charge in [0.1, 0.15) is 0 Å². The fourth-order valence-electron chi connectivity index (χ4n) is 2.13. The SMILES string of the molecule is CS(=O)(=O)c1ncc2c(n1)-c1ccc(Cl)cc1NC(=O)C2. The Balaban J connectivity index is 2.30. The van der Waals surface area contributed by atoms with Crippen LogP contribution in [0.2, 0.25) is 5.02 Å². The minimum Gasteiger partial charge on any atom is -0.325 e. The predicted octanol–water partition coefficient (Wildman–Crippen LogP) is 1.70. The summed E-state index contributed by atoms with van der Waals surface area (Å²) in [6.07, 6.45) is 2.49. The lowest BCUT2D eigenvalue weighted by molar-refractivity contribution is -0.115. The van der Waals surface area contributed by atoms with Gasteiger partial charge in [-0.3, -0.25) is 4.79 Å². The molecule has 2 aromatic rings. The van der Waals surface area contributed by atoms with Gasteiger partial charge < -0.3 is 5.32 Å². The first-order valence-electron chi connectivity index (χ1n) is 6.00. The van der Waals surface area contributed by atoms with Crippen molar-refractivity contribution in [3.63, 3.8) is 0 Å². The lowest BCUT2D eigenvalue weighted by Gasteiger charge is -2.09. The lowest BCUT2D eigenvalue weighted by atomic mass is 10.1. The summed E-state index contributed by atoms with van der Waals surface area (Å²) in [5, 5.41) is 2.93. The van der Waals surface area contributed by atoms with Crippen LogP contribution in [0, 0.1) is 0 Å². The van der Waals surface area contributed by atoms with Gasteiger partial charge in [0.05, 0.1) is 17.8 Å². The van der Waals surface area contributed by atoms with Crippen LogP contribution in [0.4, 0.5) is 5.69 Å². The summed E-state index contributed by atoms with van der Waals surface area (Å²) in [6, 6.07) is 4.96. The number of hydrogen-bond donors (Lipinski definition) is 1. The Labute approximate surface area is 126 Å². The molecular formula is C13H10ClN3O3S. The molecule has 0 unspecified atom stereocenters. The molecule has 1 aromatic heterocycles. The fraction of sp³-hybridized carbons (Fsp3) is 0.154. The van der Waals surface area contributed by atoms with E-state index in [1.54, 1.807) is 18.2 Å². The molecule has 108 valence electrons. The van der Waals surface area contributed by atoms with Gasteiger partial charge in [-0.25, -0.2) is 18.4 Å². The molecule has 1 aliphatic rings. The number of aromatic nitrogens is 2. The highest BCUT2D eigenvalue weighted by molar-refractivity contribution is 7.90. The zero-order valence-electron chi connectivity index (χ0n) is 10.9. The van der Waals surface area contributed by atoms with Crippen molar-refractivity contribution in [3.05, 3.63) is 35.0 Å². The van der Waals surface area contributed by atoms with Crippen LogP contribution in [0.5, 0.6) is 0 Å². The topological polar surface area (TPSA) is 89.0 Å². The summed E-state index contributed by atoms with van der Waals surface area (Å²) >= 11 is 5.93. The largest absolute Gasteiger partial charge is 0.325 e. The Bertz CT molecular complexity index is 865. The molecule has 2 heterocycles. The molecule has 3 rings (SSSR count). The number of amides is 1. The number of benzene rings is 1. The number of halogens is 1. The maximum Gasteiger partial charge on any atom is 0.247 e. The number of hydrogen-bond acceptors (Lipinski definition) is 5. The molecule has 0 saturated carbocycles. The highest BCUT2D eigenvalue weighted by Gasteiger charge is 2.23. The number of nitrogens with one attached hydrogen (secondary N) is 1. The normalized spacial score (nSPS) is 13.9. The first kappa shape index (κ1) is 14.0. The monoisotopic (exact) mass is 323 g/mol. The van der Waals surface area contributed by atoms with Gasteiger partial charge >= 0.3 is 0 Å². The van der Waals surface area contributed by atoms with E-state index < -0.39 is 9.84 Å². The summed E-state index contributed by atoms with van der Waals surface area (Å²) in [5.74, 6) is -0.229. The van der Waals surface area contributed by atoms with Crippen molar-refractivity contribution >= 4 is 33.0 Å². The van der Waals surface area contributed by atoms with Gasteiger partial charge in [0.2, 0.25) is 20.9 Å². The van der Waals surface area contributed by atoms with Crippen LogP contribution < -0.4 is 5.32 Å². The quantitative estimate of drug-likeness (QED) is 0.807. The summed E-state index contributed by atoms with van der Waals surface area (Å²) in [4.78, 5) is 19.8. The molecule has 1 aliphatic heterocycles. The van der Waals surface area contributed by atoms with Crippen LogP contribution in [0.3, 0.4) is 0 Å². The zero-order chi connectivity index (χ0) is 15.2. The van der Waals surface area contributed by atoms with Crippen LogP contribution in [0.15, 0.2) is 29.6 Å². The number of fused-ring (bicyclic) bond motifs is 3. The van der Waals surface area contributed by atoms with E-state index in [1.165, 1.54) is 6.20 Å². The van der Waals surface area contributed by atoms with Gasteiger partial charge in [-0.2, -0.15) is 0 Å². The van der Waals surface area contributed by atoms with Crippen molar-refractivity contribution in [2.45, 2.75) is 11.6 Å². The van der Waals surface area contributed by atoms with Crippen molar-refractivity contribution < 1.29 is 13.2 Å². The van der Waals surface area contributed by atoms with Crippen molar-refractivity contribution in [2.24, 2.45) is 0 Å². The second-order valence-corrected chi connectivity index (χ2v) is 7.06. The fourth-order valence-corrected chi connectivity index (χ4v) is 2.80. The second kappa shape index (κ2) is 4.78. The zero-order valence-corrected chi connectivity index (χ0v) is 12.5. The first-order chi connectivity index (χ1) is 9.84. The Kier molecular flexibility index (Phi) is 3.18. The summed E-state index contributed by atoms with van der Waals surface area (Å²) in [5.41, 5.74) is 2.12. The smallest absolute Gasteiger partial charge is 0.247 e. The van der Waals surface area contributed by atoms with Crippen molar-refractivity contribution in [2.75, 3.05) is 11.6 Å². The highest BCUT2D eigenvalue weighted by Crippen LogP contribution is 2.34. The molecule has 21 heavy (non-hydrogen) atoms. The number of carbonyl (C=O) groups excluding carboxylic acids is 1. The molecule has 0 radical (unpaired) electrons. The van der Waals surface area contributed by atoms with Crippen molar-refractivity contribution in [3.8, 4) is 11.3 Å². The molecule has 6 nitrogen and oxygen atoms in total. The van der Waals surface area contributed by atoms with Crippen molar-refractivity contribution in [1.82, 2.24) is 9.97 Å². The summed E-state index contributed by atoms with van der Waals surface area (Å²) < 4.78 is 23.2. The Morgan fingerprint density at radius 2 is 2.10 bits per heavy atom. The van der Waals surface area contributed by atoms with Crippen molar-refractivity contribution in [1.29, 1.82) is 0 Å². The average molecular weight is 324 g/mol. The van der Waals surface area contributed by atoms with Gasteiger partial charge in [0.25, 0.3) is 0 Å². The predicted molar refractivity (Wildman–Crippen MR) is 77.9 cm³/mol. The Hall–Kier alpha value is -1.99. The third-order valence-corrected chi connectivity index (χ3v) is 4.13. The van der Waals surface area contributed by atoms with Crippen LogP contribution in [0.25, 0.3) is 11.3 Å². The van der Waals surface area contributed by atoms with E-state index in [0.717, 1.165) is 6.26 Å². The minimum atomic E-state index is -3.53. The molecule has 1 amide bonds. The molecule has 0 fully saturated rings. The maximum atomic E-state index is 11.9. The second-order valence-electron chi connectivity index (χ2n) is 4.71. The maximum absolute atomic E-state index is 11.9. The van der Waals surface area contributed by atoms with Crippen LogP contribution in [-0.4, -0.2) is 30.5 Å². The lowest BCUT2D eigenvalue weighted by Crippen LogP contribution is -2.13. The average Bonchev–Trinajstić information content (AvgIpc) is 2.51.